The van der Waals surface area contributed by atoms with Gasteiger partial charge in [0.2, 0.25) is 0 Å². The van der Waals surface area contributed by atoms with Gasteiger partial charge in [0.05, 0.1) is 19.6 Å². The van der Waals surface area contributed by atoms with E-state index in [1.165, 1.54) is 14.0 Å². The van der Waals surface area contributed by atoms with Crippen LogP contribution < -0.4 is 0 Å². The minimum Gasteiger partial charge on any atom is -0.469 e. The molecule has 1 rings (SSSR count). The van der Waals surface area contributed by atoms with Crippen molar-refractivity contribution < 1.29 is 24.5 Å². The number of benzene rings is 1. The SMILES string of the molecule is COC(=O)Cc1cccc(C(O)C(O)CCSC(C)=O)c1. The summed E-state index contributed by atoms with van der Waals surface area (Å²) >= 11 is 1.12. The van der Waals surface area contributed by atoms with Gasteiger partial charge in [0, 0.05) is 12.7 Å². The molecule has 0 saturated carbocycles. The van der Waals surface area contributed by atoms with E-state index in [2.05, 4.69) is 4.74 Å². The highest BCUT2D eigenvalue weighted by atomic mass is 32.2. The number of carbonyl (C=O) groups excluding carboxylic acids is 2. The van der Waals surface area contributed by atoms with E-state index >= 15 is 0 Å². The Hall–Kier alpha value is -1.37. The number of aliphatic hydroxyl groups excluding tert-OH is 2. The molecule has 1 aromatic rings. The molecular formula is C15H20O5S. The van der Waals surface area contributed by atoms with E-state index in [9.17, 15) is 19.8 Å². The van der Waals surface area contributed by atoms with Crippen LogP contribution in [-0.4, -0.2) is 40.3 Å². The molecule has 2 N–H and O–H groups in total. The van der Waals surface area contributed by atoms with Gasteiger partial charge in [0.1, 0.15) is 6.10 Å². The molecule has 116 valence electrons. The molecule has 0 spiro atoms. The Morgan fingerprint density at radius 2 is 2.05 bits per heavy atom. The predicted octanol–water partition coefficient (Wildman–Crippen LogP) is 1.47. The van der Waals surface area contributed by atoms with Crippen LogP contribution in [0.4, 0.5) is 0 Å². The number of hydrogen-bond donors (Lipinski definition) is 2. The first-order valence-corrected chi connectivity index (χ1v) is 7.57. The molecule has 0 fully saturated rings. The zero-order valence-corrected chi connectivity index (χ0v) is 12.9. The van der Waals surface area contributed by atoms with Crippen molar-refractivity contribution in [3.05, 3.63) is 35.4 Å². The van der Waals surface area contributed by atoms with Gasteiger partial charge in [0.25, 0.3) is 0 Å². The third-order valence-corrected chi connectivity index (χ3v) is 3.80. The molecule has 0 radical (unpaired) electrons. The van der Waals surface area contributed by atoms with E-state index < -0.39 is 12.2 Å². The smallest absolute Gasteiger partial charge is 0.309 e. The van der Waals surface area contributed by atoms with Gasteiger partial charge in [-0.25, -0.2) is 0 Å². The lowest BCUT2D eigenvalue weighted by Gasteiger charge is -2.18. The van der Waals surface area contributed by atoms with Crippen molar-refractivity contribution in [2.24, 2.45) is 0 Å². The molecule has 21 heavy (non-hydrogen) atoms. The molecule has 0 aliphatic carbocycles. The highest BCUT2D eigenvalue weighted by Crippen LogP contribution is 2.21. The lowest BCUT2D eigenvalue weighted by molar-refractivity contribution is -0.139. The van der Waals surface area contributed by atoms with Crippen LogP contribution in [0, 0.1) is 0 Å². The van der Waals surface area contributed by atoms with Crippen LogP contribution in [0.1, 0.15) is 30.6 Å². The lowest BCUT2D eigenvalue weighted by Crippen LogP contribution is -2.19. The normalized spacial score (nSPS) is 13.5. The summed E-state index contributed by atoms with van der Waals surface area (Å²) in [7, 11) is 1.32. The minimum atomic E-state index is -1.05. The highest BCUT2D eigenvalue weighted by molar-refractivity contribution is 8.13. The quantitative estimate of drug-likeness (QED) is 0.742. The van der Waals surface area contributed by atoms with E-state index in [1.54, 1.807) is 24.3 Å². The van der Waals surface area contributed by atoms with Crippen LogP contribution >= 0.6 is 11.8 Å². The van der Waals surface area contributed by atoms with Gasteiger partial charge in [0.15, 0.2) is 5.12 Å². The molecule has 0 aliphatic rings. The Morgan fingerprint density at radius 1 is 1.33 bits per heavy atom. The zero-order valence-electron chi connectivity index (χ0n) is 12.1. The van der Waals surface area contributed by atoms with Crippen molar-refractivity contribution in [3.63, 3.8) is 0 Å². The Morgan fingerprint density at radius 3 is 2.67 bits per heavy atom. The monoisotopic (exact) mass is 312 g/mol. The van der Waals surface area contributed by atoms with E-state index in [-0.39, 0.29) is 17.5 Å². The summed E-state index contributed by atoms with van der Waals surface area (Å²) in [6, 6.07) is 6.83. The van der Waals surface area contributed by atoms with Crippen LogP contribution in [-0.2, 0) is 20.7 Å². The van der Waals surface area contributed by atoms with E-state index in [0.717, 1.165) is 11.8 Å². The fourth-order valence-corrected chi connectivity index (χ4v) is 2.48. The average Bonchev–Trinajstić information content (AvgIpc) is 2.46. The van der Waals surface area contributed by atoms with Gasteiger partial charge in [-0.3, -0.25) is 9.59 Å². The zero-order chi connectivity index (χ0) is 15.8. The number of carbonyl (C=O) groups is 2. The van der Waals surface area contributed by atoms with E-state index in [0.29, 0.717) is 23.3 Å². The summed E-state index contributed by atoms with van der Waals surface area (Å²) in [5, 5.41) is 20.0. The maximum Gasteiger partial charge on any atom is 0.309 e. The molecule has 0 aromatic heterocycles. The molecule has 0 heterocycles. The van der Waals surface area contributed by atoms with Crippen molar-refractivity contribution in [3.8, 4) is 0 Å². The Kier molecular flexibility index (Phi) is 7.42. The molecule has 1 aromatic carbocycles. The van der Waals surface area contributed by atoms with Gasteiger partial charge in [-0.05, 0) is 17.5 Å². The molecule has 5 nitrogen and oxygen atoms in total. The number of rotatable bonds is 7. The standard InChI is InChI=1S/C15H20O5S/c1-10(16)21-7-6-13(17)15(19)12-5-3-4-11(8-12)9-14(18)20-2/h3-5,8,13,15,17,19H,6-7,9H2,1-2H3. The molecular weight excluding hydrogens is 292 g/mol. The fourth-order valence-electron chi connectivity index (χ4n) is 1.83. The van der Waals surface area contributed by atoms with Crippen LogP contribution in [0.3, 0.4) is 0 Å². The lowest BCUT2D eigenvalue weighted by atomic mass is 9.99. The summed E-state index contributed by atoms with van der Waals surface area (Å²) < 4.78 is 4.59. The first-order chi connectivity index (χ1) is 9.93. The van der Waals surface area contributed by atoms with Gasteiger partial charge in [-0.2, -0.15) is 0 Å². The Bertz CT molecular complexity index is 489. The molecule has 6 heteroatoms. The second-order valence-corrected chi connectivity index (χ2v) is 5.91. The van der Waals surface area contributed by atoms with Gasteiger partial charge < -0.3 is 14.9 Å². The number of ether oxygens (including phenoxy) is 1. The summed E-state index contributed by atoms with van der Waals surface area (Å²) in [6.07, 6.45) is -1.57. The topological polar surface area (TPSA) is 83.8 Å². The van der Waals surface area contributed by atoms with Gasteiger partial charge in [-0.15, -0.1) is 0 Å². The first kappa shape index (κ1) is 17.7. The maximum atomic E-state index is 11.2. The first-order valence-electron chi connectivity index (χ1n) is 6.59. The van der Waals surface area contributed by atoms with Crippen LogP contribution in [0.15, 0.2) is 24.3 Å². The molecule has 2 unspecified atom stereocenters. The van der Waals surface area contributed by atoms with Crippen LogP contribution in [0.2, 0.25) is 0 Å². The summed E-state index contributed by atoms with van der Waals surface area (Å²) in [4.78, 5) is 22.0. The number of methoxy groups -OCH3 is 1. The summed E-state index contributed by atoms with van der Waals surface area (Å²) in [5.41, 5.74) is 1.25. The van der Waals surface area contributed by atoms with Gasteiger partial charge in [-0.1, -0.05) is 36.0 Å². The van der Waals surface area contributed by atoms with Crippen molar-refractivity contribution in [2.45, 2.75) is 32.0 Å². The predicted molar refractivity (Wildman–Crippen MR) is 80.9 cm³/mol. The maximum absolute atomic E-state index is 11.2. The van der Waals surface area contributed by atoms with Crippen molar-refractivity contribution in [2.75, 3.05) is 12.9 Å². The van der Waals surface area contributed by atoms with E-state index in [1.807, 2.05) is 0 Å². The summed E-state index contributed by atoms with van der Waals surface area (Å²) in [5.74, 6) is 0.0927. The number of thioether (sulfide) groups is 1. The fraction of sp³-hybridized carbons (Fsp3) is 0.467. The molecule has 0 amide bonds. The minimum absolute atomic E-state index is 0.0169. The number of esters is 1. The second kappa shape index (κ2) is 8.81. The molecule has 0 bridgehead atoms. The number of hydrogen-bond acceptors (Lipinski definition) is 6. The molecule has 0 saturated heterocycles. The Labute approximate surface area is 128 Å². The third-order valence-electron chi connectivity index (χ3n) is 2.95. The van der Waals surface area contributed by atoms with Crippen molar-refractivity contribution in [1.82, 2.24) is 0 Å². The summed E-state index contributed by atoms with van der Waals surface area (Å²) in [6.45, 7) is 1.46. The third kappa shape index (κ3) is 6.29. The van der Waals surface area contributed by atoms with E-state index in [4.69, 9.17) is 0 Å². The Balaban J connectivity index is 2.64. The molecule has 0 aliphatic heterocycles. The molecule has 2 atom stereocenters. The average molecular weight is 312 g/mol. The van der Waals surface area contributed by atoms with Gasteiger partial charge >= 0.3 is 5.97 Å². The largest absolute Gasteiger partial charge is 0.469 e. The van der Waals surface area contributed by atoms with Crippen LogP contribution in [0.5, 0.6) is 0 Å². The second-order valence-electron chi connectivity index (χ2n) is 4.64. The van der Waals surface area contributed by atoms with Crippen molar-refractivity contribution in [1.29, 1.82) is 0 Å². The van der Waals surface area contributed by atoms with Crippen molar-refractivity contribution >= 4 is 22.8 Å². The number of aliphatic hydroxyl groups is 2. The van der Waals surface area contributed by atoms with Crippen LogP contribution in [0.25, 0.3) is 0 Å². The highest BCUT2D eigenvalue weighted by Gasteiger charge is 2.19.